The van der Waals surface area contributed by atoms with Crippen molar-refractivity contribution in [3.63, 3.8) is 0 Å². The lowest BCUT2D eigenvalue weighted by Gasteiger charge is -2.47. The summed E-state index contributed by atoms with van der Waals surface area (Å²) in [5.41, 5.74) is 6.10. The van der Waals surface area contributed by atoms with Gasteiger partial charge in [0.25, 0.3) is 0 Å². The second kappa shape index (κ2) is 21.0. The molecule has 1 amide bonds. The summed E-state index contributed by atoms with van der Waals surface area (Å²) in [7, 11) is 0. The van der Waals surface area contributed by atoms with Crippen molar-refractivity contribution in [1.29, 1.82) is 0 Å². The number of esters is 2. The van der Waals surface area contributed by atoms with Crippen LogP contribution < -0.4 is 4.74 Å². The number of aryl methyl sites for hydroxylation is 1. The van der Waals surface area contributed by atoms with E-state index >= 15 is 0 Å². The zero-order valence-electron chi connectivity index (χ0n) is 38.5. The molecule has 1 N–H and O–H groups in total. The molecule has 3 saturated heterocycles. The van der Waals surface area contributed by atoms with Crippen LogP contribution >= 0.6 is 0 Å². The summed E-state index contributed by atoms with van der Waals surface area (Å²) in [4.78, 5) is 43.1. The van der Waals surface area contributed by atoms with Gasteiger partial charge in [-0.15, -0.1) is 5.10 Å². The minimum atomic E-state index is -0.814. The number of hydrogen-bond donors (Lipinski definition) is 1. The number of hydrogen-bond acceptors (Lipinski definition) is 10. The molecule has 0 saturated carbocycles. The number of nitrogens with zero attached hydrogens (tertiary/aromatic N) is 3. The van der Waals surface area contributed by atoms with Gasteiger partial charge in [0.15, 0.2) is 0 Å². The second-order valence-corrected chi connectivity index (χ2v) is 19.1. The fourth-order valence-corrected chi connectivity index (χ4v) is 9.15. The molecule has 0 radical (unpaired) electrons. The minimum Gasteiger partial charge on any atom is -0.459 e. The van der Waals surface area contributed by atoms with Crippen LogP contribution in [0.1, 0.15) is 134 Å². The third-order valence-corrected chi connectivity index (χ3v) is 12.6. The molecule has 0 unspecified atom stereocenters. The summed E-state index contributed by atoms with van der Waals surface area (Å²) in [6.45, 7) is 16.9. The van der Waals surface area contributed by atoms with Crippen LogP contribution in [0.2, 0.25) is 0 Å². The summed E-state index contributed by atoms with van der Waals surface area (Å²) < 4.78 is 30.2. The number of H-pyrrole nitrogens is 1. The van der Waals surface area contributed by atoms with Crippen LogP contribution in [0.3, 0.4) is 0 Å². The Bertz CT molecular complexity index is 2210. The maximum Gasteiger partial charge on any atom is 0.410 e. The smallest absolute Gasteiger partial charge is 0.410 e. The minimum absolute atomic E-state index is 0.0335. The number of likely N-dealkylation sites (tertiary alicyclic amines) is 2. The number of ether oxygens (including phenoxy) is 5. The van der Waals surface area contributed by atoms with Crippen LogP contribution in [-0.2, 0) is 25.4 Å². The fraction of sp³-hybridized carbons (Fsp3) is 0.500. The van der Waals surface area contributed by atoms with E-state index < -0.39 is 36.0 Å². The number of nitrogens with one attached hydrogen (secondary N) is 1. The maximum atomic E-state index is 13.1. The molecule has 4 heterocycles. The van der Waals surface area contributed by atoms with E-state index in [2.05, 4.69) is 66.2 Å². The van der Waals surface area contributed by atoms with E-state index in [-0.39, 0.29) is 30.5 Å². The van der Waals surface area contributed by atoms with E-state index in [1.165, 1.54) is 18.4 Å². The average Bonchev–Trinajstić information content (AvgIpc) is 3.67. The highest BCUT2D eigenvalue weighted by Gasteiger charge is 2.40. The summed E-state index contributed by atoms with van der Waals surface area (Å²) in [6.07, 6.45) is 9.04. The number of piperidine rings is 2. The van der Waals surface area contributed by atoms with Crippen molar-refractivity contribution in [2.75, 3.05) is 39.3 Å². The van der Waals surface area contributed by atoms with Crippen LogP contribution in [-0.4, -0.2) is 101 Å². The molecular weight excluding hydrogens is 809 g/mol. The number of aromatic amines is 1. The van der Waals surface area contributed by atoms with Gasteiger partial charge in [0.2, 0.25) is 12.2 Å². The Balaban J connectivity index is 0.961. The average molecular weight is 875 g/mol. The Morgan fingerprint density at radius 2 is 1.62 bits per heavy atom. The van der Waals surface area contributed by atoms with Gasteiger partial charge in [-0.3, -0.25) is 5.10 Å². The number of benzene rings is 3. The standard InChI is InChI=1S/C52H66N4O8/c1-36(2)46-44(31-41-22-21-38(30-37(41)3)16-13-14-26-55-27-15-23-52(35-55)24-28-56(29-25-52)50(59)64-51(4,5)6)47(54-53-46)63-45-33-42(62-49(58)40-19-11-8-12-20-40)32-43(61-45)34-60-48(57)39-17-9-7-10-18-39/h7-13,16-22,30,36,42-43,45H,14-15,23-29,31-35H2,1-6H3,(H,53,54)/b16-13+/t42-,43-,45-/m0/s1. The first-order valence-corrected chi connectivity index (χ1v) is 23.1. The maximum absolute atomic E-state index is 13.1. The Morgan fingerprint density at radius 1 is 0.922 bits per heavy atom. The first kappa shape index (κ1) is 46.5. The SMILES string of the molecule is Cc1cc(/C=C/CCN2CCCC3(CCN(C(=O)OC(C)(C)C)CC3)C2)ccc1Cc1c(O[C@H]2C[C@@H](OC(=O)c3ccccc3)C[C@@H](COC(=O)c3ccccc3)O2)n[nH]c1C(C)C. The van der Waals surface area contributed by atoms with Crippen LogP contribution in [0, 0.1) is 12.3 Å². The van der Waals surface area contributed by atoms with Crippen molar-refractivity contribution in [1.82, 2.24) is 20.0 Å². The Hall–Kier alpha value is -5.46. The van der Waals surface area contributed by atoms with E-state index in [1.54, 1.807) is 48.5 Å². The molecule has 7 rings (SSSR count). The molecule has 3 aliphatic rings. The van der Waals surface area contributed by atoms with E-state index in [0.29, 0.717) is 29.8 Å². The van der Waals surface area contributed by atoms with Crippen LogP contribution in [0.15, 0.2) is 84.9 Å². The monoisotopic (exact) mass is 874 g/mol. The summed E-state index contributed by atoms with van der Waals surface area (Å²) in [5, 5.41) is 7.85. The zero-order valence-corrected chi connectivity index (χ0v) is 38.5. The highest BCUT2D eigenvalue weighted by molar-refractivity contribution is 5.89. The molecule has 64 heavy (non-hydrogen) atoms. The largest absolute Gasteiger partial charge is 0.459 e. The molecule has 1 aromatic heterocycles. The summed E-state index contributed by atoms with van der Waals surface area (Å²) in [5.74, 6) is -0.313. The van der Waals surface area contributed by atoms with Crippen molar-refractivity contribution in [2.45, 2.75) is 123 Å². The van der Waals surface area contributed by atoms with Gasteiger partial charge in [-0.25, -0.2) is 14.4 Å². The highest BCUT2D eigenvalue weighted by Crippen LogP contribution is 2.40. The van der Waals surface area contributed by atoms with E-state index in [1.807, 2.05) is 37.8 Å². The number of amides is 1. The number of rotatable bonds is 14. The van der Waals surface area contributed by atoms with Crippen molar-refractivity contribution < 1.29 is 38.1 Å². The van der Waals surface area contributed by atoms with Gasteiger partial charge in [-0.05, 0) is 119 Å². The zero-order chi connectivity index (χ0) is 45.3. The Morgan fingerprint density at radius 3 is 2.30 bits per heavy atom. The predicted molar refractivity (Wildman–Crippen MR) is 246 cm³/mol. The first-order valence-electron chi connectivity index (χ1n) is 23.1. The second-order valence-electron chi connectivity index (χ2n) is 19.1. The molecule has 3 aliphatic heterocycles. The van der Waals surface area contributed by atoms with Gasteiger partial charge in [-0.1, -0.05) is 80.6 Å². The molecule has 0 bridgehead atoms. The molecule has 12 heteroatoms. The number of carbonyl (C=O) groups is 3. The molecule has 12 nitrogen and oxygen atoms in total. The van der Waals surface area contributed by atoms with Crippen molar-refractivity contribution >= 4 is 24.1 Å². The van der Waals surface area contributed by atoms with Crippen LogP contribution in [0.4, 0.5) is 4.79 Å². The van der Waals surface area contributed by atoms with Crippen molar-refractivity contribution in [2.24, 2.45) is 5.41 Å². The fourth-order valence-electron chi connectivity index (χ4n) is 9.15. The van der Waals surface area contributed by atoms with Gasteiger partial charge in [0.1, 0.15) is 18.3 Å². The van der Waals surface area contributed by atoms with E-state index in [0.717, 1.165) is 74.4 Å². The lowest BCUT2D eigenvalue weighted by Crippen LogP contribution is -2.51. The van der Waals surface area contributed by atoms with Gasteiger partial charge in [-0.2, -0.15) is 0 Å². The predicted octanol–water partition coefficient (Wildman–Crippen LogP) is 9.92. The topological polar surface area (TPSA) is 133 Å². The van der Waals surface area contributed by atoms with Gasteiger partial charge in [0, 0.05) is 56.7 Å². The molecule has 3 fully saturated rings. The molecule has 342 valence electrons. The van der Waals surface area contributed by atoms with Crippen molar-refractivity contribution in [3.05, 3.63) is 124 Å². The Labute approximate surface area is 378 Å². The third-order valence-electron chi connectivity index (χ3n) is 12.6. The van der Waals surface area contributed by atoms with Gasteiger partial charge >= 0.3 is 18.0 Å². The van der Waals surface area contributed by atoms with Crippen LogP contribution in [0.25, 0.3) is 6.08 Å². The molecular formula is C52H66N4O8. The van der Waals surface area contributed by atoms with Gasteiger partial charge < -0.3 is 33.5 Å². The third kappa shape index (κ3) is 12.6. The van der Waals surface area contributed by atoms with Crippen LogP contribution in [0.5, 0.6) is 5.88 Å². The lowest BCUT2D eigenvalue weighted by molar-refractivity contribution is -0.186. The molecule has 3 atom stereocenters. The first-order chi connectivity index (χ1) is 30.7. The summed E-state index contributed by atoms with van der Waals surface area (Å²) >= 11 is 0. The quantitative estimate of drug-likeness (QED) is 0.0965. The highest BCUT2D eigenvalue weighted by atomic mass is 16.7. The number of aromatic nitrogens is 2. The number of carbonyl (C=O) groups excluding carboxylic acids is 3. The van der Waals surface area contributed by atoms with E-state index in [9.17, 15) is 14.4 Å². The van der Waals surface area contributed by atoms with Crippen molar-refractivity contribution in [3.8, 4) is 5.88 Å². The molecule has 4 aromatic rings. The normalized spacial score (nSPS) is 20.4. The molecule has 1 spiro atoms. The van der Waals surface area contributed by atoms with E-state index in [4.69, 9.17) is 23.7 Å². The Kier molecular flexibility index (Phi) is 15.3. The molecule has 3 aromatic carbocycles. The van der Waals surface area contributed by atoms with Gasteiger partial charge in [0.05, 0.1) is 17.2 Å². The summed E-state index contributed by atoms with van der Waals surface area (Å²) in [6, 6.07) is 24.3. The molecule has 0 aliphatic carbocycles. The lowest BCUT2D eigenvalue weighted by atomic mass is 9.72.